The highest BCUT2D eigenvalue weighted by atomic mass is 32.1. The lowest BCUT2D eigenvalue weighted by Crippen LogP contribution is -2.18. The SMILES string of the molecule is Cc1nc(N(C)Cc2ccccc2)c2c(-c3ccc(F)cc3)c(C)sc2n1. The van der Waals surface area contributed by atoms with Crippen LogP contribution >= 0.6 is 11.3 Å². The Kier molecular flexibility index (Phi) is 4.62. The summed E-state index contributed by atoms with van der Waals surface area (Å²) in [6.45, 7) is 4.76. The smallest absolute Gasteiger partial charge is 0.141 e. The topological polar surface area (TPSA) is 29.0 Å². The normalized spacial score (nSPS) is 11.1. The molecule has 0 N–H and O–H groups in total. The van der Waals surface area contributed by atoms with Crippen molar-refractivity contribution in [1.82, 2.24) is 9.97 Å². The number of anilines is 1. The van der Waals surface area contributed by atoms with Crippen LogP contribution in [0.4, 0.5) is 10.2 Å². The maximum atomic E-state index is 13.4. The summed E-state index contributed by atoms with van der Waals surface area (Å²) in [5, 5.41) is 1.04. The summed E-state index contributed by atoms with van der Waals surface area (Å²) < 4.78 is 13.4. The fourth-order valence-electron chi connectivity index (χ4n) is 3.37. The van der Waals surface area contributed by atoms with Gasteiger partial charge in [0.15, 0.2) is 0 Å². The number of nitrogens with zero attached hydrogens (tertiary/aromatic N) is 3. The number of hydrogen-bond donors (Lipinski definition) is 0. The van der Waals surface area contributed by atoms with Crippen LogP contribution in [0.2, 0.25) is 0 Å². The summed E-state index contributed by atoms with van der Waals surface area (Å²) in [7, 11) is 2.05. The van der Waals surface area contributed by atoms with Crippen molar-refractivity contribution < 1.29 is 4.39 Å². The molecule has 5 heteroatoms. The van der Waals surface area contributed by atoms with Gasteiger partial charge in [-0.1, -0.05) is 42.5 Å². The lowest BCUT2D eigenvalue weighted by Gasteiger charge is -2.20. The number of benzene rings is 2. The number of aromatic nitrogens is 2. The molecular weight excluding hydrogens is 357 g/mol. The predicted molar refractivity (Wildman–Crippen MR) is 111 cm³/mol. The van der Waals surface area contributed by atoms with E-state index >= 15 is 0 Å². The molecule has 2 heterocycles. The highest BCUT2D eigenvalue weighted by Crippen LogP contribution is 2.41. The molecule has 2 aromatic heterocycles. The van der Waals surface area contributed by atoms with Gasteiger partial charge in [0.25, 0.3) is 0 Å². The zero-order valence-electron chi connectivity index (χ0n) is 15.5. The van der Waals surface area contributed by atoms with Crippen LogP contribution in [-0.4, -0.2) is 17.0 Å². The van der Waals surface area contributed by atoms with Crippen LogP contribution in [0.3, 0.4) is 0 Å². The first-order chi connectivity index (χ1) is 13.0. The molecule has 136 valence electrons. The summed E-state index contributed by atoms with van der Waals surface area (Å²) in [6, 6.07) is 17.0. The van der Waals surface area contributed by atoms with Crippen LogP contribution in [-0.2, 0) is 6.54 Å². The summed E-state index contributed by atoms with van der Waals surface area (Å²) in [4.78, 5) is 13.7. The number of fused-ring (bicyclic) bond motifs is 1. The summed E-state index contributed by atoms with van der Waals surface area (Å²) in [6.07, 6.45) is 0. The van der Waals surface area contributed by atoms with Gasteiger partial charge in [-0.05, 0) is 37.1 Å². The molecule has 0 aliphatic carbocycles. The molecular formula is C22H20FN3S. The lowest BCUT2D eigenvalue weighted by molar-refractivity contribution is 0.628. The van der Waals surface area contributed by atoms with E-state index in [-0.39, 0.29) is 5.82 Å². The van der Waals surface area contributed by atoms with Crippen LogP contribution in [0.15, 0.2) is 54.6 Å². The van der Waals surface area contributed by atoms with Gasteiger partial charge in [0, 0.05) is 24.0 Å². The molecule has 0 bridgehead atoms. The first kappa shape index (κ1) is 17.6. The molecule has 0 atom stereocenters. The van der Waals surface area contributed by atoms with Gasteiger partial charge in [0.2, 0.25) is 0 Å². The number of hydrogen-bond acceptors (Lipinski definition) is 4. The average Bonchev–Trinajstić information content (AvgIpc) is 2.98. The van der Waals surface area contributed by atoms with Gasteiger partial charge in [-0.2, -0.15) is 0 Å². The van der Waals surface area contributed by atoms with E-state index in [0.29, 0.717) is 0 Å². The summed E-state index contributed by atoms with van der Waals surface area (Å²) in [5.74, 6) is 1.43. The molecule has 27 heavy (non-hydrogen) atoms. The first-order valence-corrected chi connectivity index (χ1v) is 9.63. The highest BCUT2D eigenvalue weighted by Gasteiger charge is 2.20. The van der Waals surface area contributed by atoms with E-state index in [1.165, 1.54) is 17.7 Å². The monoisotopic (exact) mass is 377 g/mol. The number of rotatable bonds is 4. The van der Waals surface area contributed by atoms with Crippen LogP contribution < -0.4 is 4.90 Å². The molecule has 3 nitrogen and oxygen atoms in total. The van der Waals surface area contributed by atoms with E-state index in [1.54, 1.807) is 11.3 Å². The molecule has 0 spiro atoms. The van der Waals surface area contributed by atoms with E-state index < -0.39 is 0 Å². The van der Waals surface area contributed by atoms with E-state index in [0.717, 1.165) is 44.4 Å². The Morgan fingerprint density at radius 1 is 0.963 bits per heavy atom. The zero-order chi connectivity index (χ0) is 19.0. The van der Waals surface area contributed by atoms with Crippen molar-refractivity contribution in [3.8, 4) is 11.1 Å². The maximum Gasteiger partial charge on any atom is 0.141 e. The Morgan fingerprint density at radius 3 is 2.37 bits per heavy atom. The first-order valence-electron chi connectivity index (χ1n) is 8.81. The predicted octanol–water partition coefficient (Wildman–Crippen LogP) is 5.75. The number of halogens is 1. The molecule has 0 radical (unpaired) electrons. The van der Waals surface area contributed by atoms with Crippen molar-refractivity contribution in [1.29, 1.82) is 0 Å². The van der Waals surface area contributed by atoms with E-state index in [4.69, 9.17) is 4.98 Å². The van der Waals surface area contributed by atoms with Crippen molar-refractivity contribution >= 4 is 27.4 Å². The van der Waals surface area contributed by atoms with Gasteiger partial charge in [-0.3, -0.25) is 0 Å². The number of thiophene rings is 1. The van der Waals surface area contributed by atoms with Gasteiger partial charge in [0.05, 0.1) is 5.39 Å². The van der Waals surface area contributed by atoms with Crippen molar-refractivity contribution in [3.63, 3.8) is 0 Å². The van der Waals surface area contributed by atoms with Gasteiger partial charge in [-0.15, -0.1) is 11.3 Å². The van der Waals surface area contributed by atoms with E-state index in [9.17, 15) is 4.39 Å². The molecule has 2 aromatic carbocycles. The Bertz CT molecular complexity index is 1090. The fraction of sp³-hybridized carbons (Fsp3) is 0.182. The fourth-order valence-corrected chi connectivity index (χ4v) is 4.46. The molecule has 0 aliphatic heterocycles. The quantitative estimate of drug-likeness (QED) is 0.453. The molecule has 0 saturated carbocycles. The van der Waals surface area contributed by atoms with Gasteiger partial charge in [-0.25, -0.2) is 14.4 Å². The standard InChI is InChI=1S/C22H20FN3S/c1-14-19(17-9-11-18(23)12-10-17)20-21(24-15(2)25-22(20)27-14)26(3)13-16-7-5-4-6-8-16/h4-12H,13H2,1-3H3. The Labute approximate surface area is 162 Å². The van der Waals surface area contributed by atoms with Gasteiger partial charge >= 0.3 is 0 Å². The van der Waals surface area contributed by atoms with Gasteiger partial charge in [0.1, 0.15) is 22.3 Å². The second kappa shape index (κ2) is 7.08. The molecule has 0 saturated heterocycles. The third-order valence-electron chi connectivity index (χ3n) is 4.58. The Morgan fingerprint density at radius 2 is 1.67 bits per heavy atom. The van der Waals surface area contributed by atoms with Crippen LogP contribution in [0, 0.1) is 19.7 Å². The molecule has 0 unspecified atom stereocenters. The minimum atomic E-state index is -0.232. The minimum Gasteiger partial charge on any atom is -0.355 e. The highest BCUT2D eigenvalue weighted by molar-refractivity contribution is 7.19. The maximum absolute atomic E-state index is 13.4. The van der Waals surface area contributed by atoms with Crippen LogP contribution in [0.1, 0.15) is 16.3 Å². The second-order valence-electron chi connectivity index (χ2n) is 6.66. The molecule has 4 rings (SSSR count). The summed E-state index contributed by atoms with van der Waals surface area (Å²) >= 11 is 1.66. The largest absolute Gasteiger partial charge is 0.355 e. The molecule has 0 aliphatic rings. The van der Waals surface area contributed by atoms with Crippen molar-refractivity contribution in [2.24, 2.45) is 0 Å². The average molecular weight is 377 g/mol. The van der Waals surface area contributed by atoms with Crippen molar-refractivity contribution in [2.45, 2.75) is 20.4 Å². The van der Waals surface area contributed by atoms with E-state index in [1.807, 2.05) is 37.3 Å². The minimum absolute atomic E-state index is 0.232. The molecule has 0 amide bonds. The Hall–Kier alpha value is -2.79. The third kappa shape index (κ3) is 3.43. The molecule has 4 aromatic rings. The molecule has 0 fully saturated rings. The van der Waals surface area contributed by atoms with Crippen LogP contribution in [0.5, 0.6) is 0 Å². The van der Waals surface area contributed by atoms with Crippen molar-refractivity contribution in [2.75, 3.05) is 11.9 Å². The Balaban J connectivity index is 1.88. The summed E-state index contributed by atoms with van der Waals surface area (Å²) in [5.41, 5.74) is 3.30. The van der Waals surface area contributed by atoms with Gasteiger partial charge < -0.3 is 4.90 Å². The van der Waals surface area contributed by atoms with E-state index in [2.05, 4.69) is 36.0 Å². The zero-order valence-corrected chi connectivity index (χ0v) is 16.3. The second-order valence-corrected chi connectivity index (χ2v) is 7.86. The lowest BCUT2D eigenvalue weighted by atomic mass is 10.0. The number of aryl methyl sites for hydroxylation is 2. The van der Waals surface area contributed by atoms with Crippen molar-refractivity contribution in [3.05, 3.63) is 76.7 Å². The van der Waals surface area contributed by atoms with Crippen LogP contribution in [0.25, 0.3) is 21.3 Å². The third-order valence-corrected chi connectivity index (χ3v) is 5.58.